The molecule has 0 unspecified atom stereocenters. The maximum atomic E-state index is 14.2. The number of carbonyl (C=O) groups is 2. The topological polar surface area (TPSA) is 113 Å². The molecule has 1 aliphatic rings. The molecule has 1 aromatic heterocycles. The standard InChI is InChI=1S/C32H37F2N3O5/c1-20(2)18-28(32(40)42-24-6-3-4-7-24)36-16-5-17-41-23-11-9-22(10-12-23)37-29(38)15-14-26(31(37)35)30(39)25-13-8-21(33)19-27(25)34/h8-15,19-20,24,28,36H,3-7,16-18,35H2,1-2H3/t28-/m0/s1. The van der Waals surface area contributed by atoms with Gasteiger partial charge in [-0.15, -0.1) is 0 Å². The first-order valence-electron chi connectivity index (χ1n) is 14.3. The van der Waals surface area contributed by atoms with Gasteiger partial charge in [0.1, 0.15) is 35.3 Å². The number of benzene rings is 2. The lowest BCUT2D eigenvalue weighted by Crippen LogP contribution is -2.41. The van der Waals surface area contributed by atoms with Crippen molar-refractivity contribution in [2.75, 3.05) is 18.9 Å². The molecule has 3 aromatic rings. The largest absolute Gasteiger partial charge is 0.494 e. The van der Waals surface area contributed by atoms with E-state index in [0.29, 0.717) is 49.4 Å². The summed E-state index contributed by atoms with van der Waals surface area (Å²) < 4.78 is 40.2. The molecule has 224 valence electrons. The van der Waals surface area contributed by atoms with E-state index in [4.69, 9.17) is 15.2 Å². The Balaban J connectivity index is 1.34. The zero-order valence-corrected chi connectivity index (χ0v) is 23.9. The van der Waals surface area contributed by atoms with Crippen LogP contribution in [0.5, 0.6) is 5.75 Å². The van der Waals surface area contributed by atoms with Gasteiger partial charge in [-0.05, 0) is 93.5 Å². The molecule has 0 radical (unpaired) electrons. The van der Waals surface area contributed by atoms with Gasteiger partial charge in [0.25, 0.3) is 5.56 Å². The Kier molecular flexibility index (Phi) is 10.5. The third kappa shape index (κ3) is 7.82. The van der Waals surface area contributed by atoms with Crippen LogP contribution in [-0.4, -0.2) is 41.6 Å². The number of nitrogens with zero attached hydrogens (tertiary/aromatic N) is 1. The molecule has 1 aliphatic carbocycles. The van der Waals surface area contributed by atoms with E-state index in [2.05, 4.69) is 19.2 Å². The summed E-state index contributed by atoms with van der Waals surface area (Å²) in [5.41, 5.74) is 5.65. The second kappa shape index (κ2) is 14.2. The number of aromatic nitrogens is 1. The Labute approximate surface area is 243 Å². The van der Waals surface area contributed by atoms with E-state index in [1.54, 1.807) is 24.3 Å². The number of carbonyl (C=O) groups excluding carboxylic acids is 2. The second-order valence-electron chi connectivity index (χ2n) is 10.9. The summed E-state index contributed by atoms with van der Waals surface area (Å²) in [7, 11) is 0. The smallest absolute Gasteiger partial charge is 0.323 e. The highest BCUT2D eigenvalue weighted by Crippen LogP contribution is 2.23. The summed E-state index contributed by atoms with van der Waals surface area (Å²) in [6.07, 6.45) is 5.47. The first kappa shape index (κ1) is 30.9. The number of nitrogens with two attached hydrogens (primary N) is 1. The van der Waals surface area contributed by atoms with E-state index in [1.807, 2.05) is 0 Å². The summed E-state index contributed by atoms with van der Waals surface area (Å²) in [5.74, 6) is -2.05. The van der Waals surface area contributed by atoms with Crippen LogP contribution in [0.1, 0.15) is 68.3 Å². The maximum Gasteiger partial charge on any atom is 0.323 e. The molecule has 1 atom stereocenters. The molecule has 0 aliphatic heterocycles. The third-order valence-corrected chi connectivity index (χ3v) is 7.20. The lowest BCUT2D eigenvalue weighted by atomic mass is 10.0. The minimum atomic E-state index is -1.02. The van der Waals surface area contributed by atoms with Crippen molar-refractivity contribution in [2.24, 2.45) is 5.92 Å². The molecule has 42 heavy (non-hydrogen) atoms. The molecule has 3 N–H and O–H groups in total. The van der Waals surface area contributed by atoms with Crippen LogP contribution in [0, 0.1) is 17.6 Å². The Bertz CT molecular complexity index is 1450. The number of rotatable bonds is 13. The maximum absolute atomic E-state index is 14.2. The van der Waals surface area contributed by atoms with Crippen LogP contribution in [0.3, 0.4) is 0 Å². The predicted octanol–water partition coefficient (Wildman–Crippen LogP) is 5.19. The molecule has 0 spiro atoms. The first-order chi connectivity index (χ1) is 20.1. The Hall–Kier alpha value is -4.05. The predicted molar refractivity (Wildman–Crippen MR) is 156 cm³/mol. The first-order valence-corrected chi connectivity index (χ1v) is 14.3. The van der Waals surface area contributed by atoms with Gasteiger partial charge in [-0.1, -0.05) is 13.8 Å². The number of anilines is 1. The van der Waals surface area contributed by atoms with Crippen molar-refractivity contribution in [3.8, 4) is 11.4 Å². The average Bonchev–Trinajstić information content (AvgIpc) is 3.45. The minimum absolute atomic E-state index is 0.0345. The number of esters is 1. The number of pyridine rings is 1. The fraction of sp³-hybridized carbons (Fsp3) is 0.406. The van der Waals surface area contributed by atoms with Crippen LogP contribution >= 0.6 is 0 Å². The zero-order valence-electron chi connectivity index (χ0n) is 23.9. The summed E-state index contributed by atoms with van der Waals surface area (Å²) in [5, 5.41) is 3.31. The van der Waals surface area contributed by atoms with Crippen LogP contribution < -0.4 is 21.3 Å². The highest BCUT2D eigenvalue weighted by molar-refractivity contribution is 6.11. The molecule has 1 heterocycles. The second-order valence-corrected chi connectivity index (χ2v) is 10.9. The van der Waals surface area contributed by atoms with Gasteiger partial charge >= 0.3 is 5.97 Å². The minimum Gasteiger partial charge on any atom is -0.494 e. The fourth-order valence-corrected chi connectivity index (χ4v) is 5.05. The van der Waals surface area contributed by atoms with Gasteiger partial charge in [0.05, 0.1) is 23.4 Å². The van der Waals surface area contributed by atoms with E-state index in [-0.39, 0.29) is 35.1 Å². The molecule has 1 saturated carbocycles. The molecule has 1 fully saturated rings. The van der Waals surface area contributed by atoms with Crippen LogP contribution in [0.15, 0.2) is 59.4 Å². The monoisotopic (exact) mass is 581 g/mol. The summed E-state index contributed by atoms with van der Waals surface area (Å²) in [4.78, 5) is 38.2. The van der Waals surface area contributed by atoms with Gasteiger partial charge in [-0.2, -0.15) is 0 Å². The van der Waals surface area contributed by atoms with Crippen LogP contribution in [0.4, 0.5) is 14.6 Å². The highest BCUT2D eigenvalue weighted by atomic mass is 19.1. The van der Waals surface area contributed by atoms with Crippen molar-refractivity contribution in [2.45, 2.75) is 64.5 Å². The van der Waals surface area contributed by atoms with Gasteiger partial charge in [0, 0.05) is 12.1 Å². The van der Waals surface area contributed by atoms with E-state index in [1.165, 1.54) is 12.1 Å². The van der Waals surface area contributed by atoms with Crippen molar-refractivity contribution in [1.82, 2.24) is 9.88 Å². The molecular weight excluding hydrogens is 544 g/mol. The molecule has 2 aromatic carbocycles. The SMILES string of the molecule is CC(C)C[C@H](NCCCOc1ccc(-n2c(N)c(C(=O)c3ccc(F)cc3F)ccc2=O)cc1)C(=O)OC1CCCC1. The fourth-order valence-electron chi connectivity index (χ4n) is 5.05. The summed E-state index contributed by atoms with van der Waals surface area (Å²) >= 11 is 0. The number of halogens is 2. The van der Waals surface area contributed by atoms with E-state index in [9.17, 15) is 23.2 Å². The van der Waals surface area contributed by atoms with Gasteiger partial charge in [-0.3, -0.25) is 19.0 Å². The van der Waals surface area contributed by atoms with E-state index in [0.717, 1.165) is 42.4 Å². The number of hydrogen-bond donors (Lipinski definition) is 2. The average molecular weight is 582 g/mol. The lowest BCUT2D eigenvalue weighted by Gasteiger charge is -2.21. The van der Waals surface area contributed by atoms with Crippen LogP contribution in [0.2, 0.25) is 0 Å². The zero-order chi connectivity index (χ0) is 30.2. The number of ketones is 1. The highest BCUT2D eigenvalue weighted by Gasteiger charge is 2.26. The molecule has 0 bridgehead atoms. The third-order valence-electron chi connectivity index (χ3n) is 7.20. The van der Waals surface area contributed by atoms with Crippen molar-refractivity contribution >= 4 is 17.6 Å². The van der Waals surface area contributed by atoms with Gasteiger partial charge in [-0.25, -0.2) is 8.78 Å². The molecule has 8 nitrogen and oxygen atoms in total. The molecule has 0 saturated heterocycles. The quantitative estimate of drug-likeness (QED) is 0.162. The van der Waals surface area contributed by atoms with Crippen molar-refractivity contribution in [3.63, 3.8) is 0 Å². The van der Waals surface area contributed by atoms with Crippen LogP contribution in [-0.2, 0) is 9.53 Å². The lowest BCUT2D eigenvalue weighted by molar-refractivity contribution is -0.151. The van der Waals surface area contributed by atoms with Crippen LogP contribution in [0.25, 0.3) is 5.69 Å². The number of nitrogens with one attached hydrogen (secondary N) is 1. The number of nitrogen functional groups attached to an aromatic ring is 1. The Morgan fingerprint density at radius 2 is 1.71 bits per heavy atom. The Morgan fingerprint density at radius 1 is 1.02 bits per heavy atom. The molecule has 0 amide bonds. The summed E-state index contributed by atoms with van der Waals surface area (Å²) in [6.45, 7) is 5.13. The van der Waals surface area contributed by atoms with Crippen molar-refractivity contribution in [3.05, 3.63) is 87.7 Å². The van der Waals surface area contributed by atoms with Gasteiger partial charge in [0.2, 0.25) is 0 Å². The summed E-state index contributed by atoms with van der Waals surface area (Å²) in [6, 6.07) is 11.3. The normalized spacial score (nSPS) is 14.2. The molecule has 4 rings (SSSR count). The van der Waals surface area contributed by atoms with Crippen molar-refractivity contribution in [1.29, 1.82) is 0 Å². The number of ether oxygens (including phenoxy) is 2. The van der Waals surface area contributed by atoms with E-state index >= 15 is 0 Å². The van der Waals surface area contributed by atoms with Crippen molar-refractivity contribution < 1.29 is 27.8 Å². The Morgan fingerprint density at radius 3 is 2.38 bits per heavy atom. The number of hydrogen-bond acceptors (Lipinski definition) is 7. The molecule has 10 heteroatoms. The van der Waals surface area contributed by atoms with Gasteiger partial charge < -0.3 is 20.5 Å². The van der Waals surface area contributed by atoms with Gasteiger partial charge in [0.15, 0.2) is 5.78 Å². The van der Waals surface area contributed by atoms with E-state index < -0.39 is 23.0 Å². The molecular formula is C32H37F2N3O5.